The van der Waals surface area contributed by atoms with Gasteiger partial charge in [-0.25, -0.2) is 0 Å². The minimum Gasteiger partial charge on any atom is -0.365 e. The molecule has 0 unspecified atom stereocenters. The van der Waals surface area contributed by atoms with Crippen LogP contribution in [0.1, 0.15) is 52.9 Å². The van der Waals surface area contributed by atoms with Gasteiger partial charge in [-0.05, 0) is 48.9 Å². The molecule has 0 bridgehead atoms. The van der Waals surface area contributed by atoms with Crippen LogP contribution in [0.25, 0.3) is 21.3 Å². The van der Waals surface area contributed by atoms with Crippen LogP contribution in [0.5, 0.6) is 0 Å². The maximum Gasteiger partial charge on any atom is 0.258 e. The van der Waals surface area contributed by atoms with Crippen LogP contribution in [0.2, 0.25) is 0 Å². The van der Waals surface area contributed by atoms with Gasteiger partial charge in [0, 0.05) is 29.5 Å². The van der Waals surface area contributed by atoms with E-state index in [0.29, 0.717) is 4.88 Å². The average Bonchev–Trinajstić information content (AvgIpc) is 3.09. The molecule has 4 rings (SSSR count). The monoisotopic (exact) mass is 351 g/mol. The molecule has 0 spiro atoms. The molecule has 0 radical (unpaired) electrons. The van der Waals surface area contributed by atoms with Crippen LogP contribution in [0, 0.1) is 0 Å². The molecule has 3 aromatic rings. The fraction of sp³-hybridized carbons (Fsp3) is 0.350. The Hall–Kier alpha value is -2.27. The van der Waals surface area contributed by atoms with E-state index in [1.807, 2.05) is 18.5 Å². The zero-order valence-electron chi connectivity index (χ0n) is 14.1. The first-order valence-corrected chi connectivity index (χ1v) is 9.69. The summed E-state index contributed by atoms with van der Waals surface area (Å²) in [4.78, 5) is 21.1. The Morgan fingerprint density at radius 1 is 0.960 bits per heavy atom. The third kappa shape index (κ3) is 3.29. The summed E-state index contributed by atoms with van der Waals surface area (Å²) in [7, 11) is 0. The summed E-state index contributed by atoms with van der Waals surface area (Å²) in [6.07, 6.45) is 14.3. The molecule has 0 fully saturated rings. The molecule has 3 heterocycles. The van der Waals surface area contributed by atoms with Gasteiger partial charge in [-0.1, -0.05) is 19.3 Å². The van der Waals surface area contributed by atoms with Crippen molar-refractivity contribution in [2.75, 3.05) is 0 Å². The van der Waals surface area contributed by atoms with Crippen LogP contribution >= 0.6 is 11.3 Å². The second kappa shape index (κ2) is 6.92. The number of rotatable bonds is 2. The number of primary amides is 1. The molecule has 0 aliphatic heterocycles. The van der Waals surface area contributed by atoms with E-state index in [1.54, 1.807) is 6.20 Å². The highest BCUT2D eigenvalue weighted by atomic mass is 32.1. The summed E-state index contributed by atoms with van der Waals surface area (Å²) in [5, 5.41) is 1.00. The normalized spacial score (nSPS) is 15.2. The van der Waals surface area contributed by atoms with Crippen molar-refractivity contribution in [1.29, 1.82) is 0 Å². The highest BCUT2D eigenvalue weighted by molar-refractivity contribution is 7.20. The first-order chi connectivity index (χ1) is 12.2. The fourth-order valence-corrected chi connectivity index (χ4v) is 4.48. The number of hydrogen-bond donors (Lipinski definition) is 1. The Bertz CT molecular complexity index is 932. The molecule has 5 heteroatoms. The van der Waals surface area contributed by atoms with Crippen molar-refractivity contribution in [2.45, 2.75) is 44.9 Å². The molecule has 1 aliphatic carbocycles. The van der Waals surface area contributed by atoms with Gasteiger partial charge in [0.05, 0.1) is 15.3 Å². The van der Waals surface area contributed by atoms with Crippen LogP contribution in [-0.4, -0.2) is 15.9 Å². The molecule has 1 aliphatic rings. The Morgan fingerprint density at radius 3 is 2.52 bits per heavy atom. The van der Waals surface area contributed by atoms with E-state index in [-0.39, 0.29) is 0 Å². The molecule has 4 nitrogen and oxygen atoms in total. The van der Waals surface area contributed by atoms with Crippen molar-refractivity contribution in [3.05, 3.63) is 46.7 Å². The van der Waals surface area contributed by atoms with Crippen LogP contribution in [0.4, 0.5) is 0 Å². The molecular weight excluding hydrogens is 330 g/mol. The van der Waals surface area contributed by atoms with Gasteiger partial charge in [-0.2, -0.15) is 0 Å². The third-order valence-corrected chi connectivity index (χ3v) is 6.02. The maximum absolute atomic E-state index is 11.5. The number of hydrogen-bond acceptors (Lipinski definition) is 4. The molecule has 0 aromatic carbocycles. The lowest BCUT2D eigenvalue weighted by atomic mass is 9.99. The van der Waals surface area contributed by atoms with E-state index in [1.165, 1.54) is 54.6 Å². The van der Waals surface area contributed by atoms with Crippen molar-refractivity contribution >= 4 is 27.3 Å². The molecule has 0 saturated carbocycles. The van der Waals surface area contributed by atoms with Crippen molar-refractivity contribution in [3.8, 4) is 11.3 Å². The second-order valence-electron chi connectivity index (χ2n) is 6.68. The molecule has 2 N–H and O–H groups in total. The minimum atomic E-state index is -0.394. The summed E-state index contributed by atoms with van der Waals surface area (Å²) in [5.41, 5.74) is 10.1. The SMILES string of the molecule is NC(=O)c1cc2c(-c3cc4c(cn3)CCCCCCC4)cncc2s1. The lowest BCUT2D eigenvalue weighted by Gasteiger charge is -2.10. The van der Waals surface area contributed by atoms with Gasteiger partial charge in [-0.15, -0.1) is 11.3 Å². The number of aromatic nitrogens is 2. The Balaban J connectivity index is 1.79. The van der Waals surface area contributed by atoms with Gasteiger partial charge in [0.1, 0.15) is 0 Å². The third-order valence-electron chi connectivity index (χ3n) is 4.94. The minimum absolute atomic E-state index is 0.394. The van der Waals surface area contributed by atoms with E-state index in [4.69, 9.17) is 10.7 Å². The average molecular weight is 351 g/mol. The lowest BCUT2D eigenvalue weighted by molar-refractivity contribution is 0.100. The first-order valence-electron chi connectivity index (χ1n) is 8.88. The summed E-state index contributed by atoms with van der Waals surface area (Å²) in [5.74, 6) is -0.394. The number of pyridine rings is 2. The number of fused-ring (bicyclic) bond motifs is 2. The Kier molecular flexibility index (Phi) is 4.49. The van der Waals surface area contributed by atoms with Crippen LogP contribution < -0.4 is 5.73 Å². The van der Waals surface area contributed by atoms with E-state index < -0.39 is 5.91 Å². The smallest absolute Gasteiger partial charge is 0.258 e. The summed E-state index contributed by atoms with van der Waals surface area (Å²) >= 11 is 1.39. The predicted molar refractivity (Wildman–Crippen MR) is 102 cm³/mol. The molecule has 25 heavy (non-hydrogen) atoms. The second-order valence-corrected chi connectivity index (χ2v) is 7.76. The van der Waals surface area contributed by atoms with Gasteiger partial charge in [-0.3, -0.25) is 14.8 Å². The zero-order chi connectivity index (χ0) is 17.2. The van der Waals surface area contributed by atoms with E-state index in [9.17, 15) is 4.79 Å². The number of thiophene rings is 1. The first kappa shape index (κ1) is 16.2. The van der Waals surface area contributed by atoms with Crippen LogP contribution in [0.15, 0.2) is 30.7 Å². The molecule has 3 aromatic heterocycles. The number of nitrogens with two attached hydrogens (primary N) is 1. The summed E-state index contributed by atoms with van der Waals surface area (Å²) in [6.45, 7) is 0. The zero-order valence-corrected chi connectivity index (χ0v) is 14.9. The number of carbonyl (C=O) groups is 1. The van der Waals surface area contributed by atoms with Crippen molar-refractivity contribution < 1.29 is 4.79 Å². The van der Waals surface area contributed by atoms with Gasteiger partial charge in [0.25, 0.3) is 5.91 Å². The number of nitrogens with zero attached hydrogens (tertiary/aromatic N) is 2. The molecule has 0 saturated heterocycles. The van der Waals surface area contributed by atoms with E-state index >= 15 is 0 Å². The quantitative estimate of drug-likeness (QED) is 0.739. The topological polar surface area (TPSA) is 68.9 Å². The Morgan fingerprint density at radius 2 is 1.72 bits per heavy atom. The lowest BCUT2D eigenvalue weighted by Crippen LogP contribution is -2.08. The van der Waals surface area contributed by atoms with E-state index in [2.05, 4.69) is 11.1 Å². The summed E-state index contributed by atoms with van der Waals surface area (Å²) < 4.78 is 0.969. The fourth-order valence-electron chi connectivity index (χ4n) is 3.58. The van der Waals surface area contributed by atoms with Crippen LogP contribution in [-0.2, 0) is 12.8 Å². The van der Waals surface area contributed by atoms with Crippen molar-refractivity contribution in [3.63, 3.8) is 0 Å². The summed E-state index contributed by atoms with van der Waals surface area (Å²) in [6, 6.07) is 4.08. The molecule has 128 valence electrons. The number of amides is 1. The van der Waals surface area contributed by atoms with Crippen molar-refractivity contribution in [1.82, 2.24) is 9.97 Å². The van der Waals surface area contributed by atoms with E-state index in [0.717, 1.165) is 34.2 Å². The van der Waals surface area contributed by atoms with Gasteiger partial charge in [0.15, 0.2) is 0 Å². The van der Waals surface area contributed by atoms with Gasteiger partial charge < -0.3 is 5.73 Å². The van der Waals surface area contributed by atoms with Gasteiger partial charge >= 0.3 is 0 Å². The standard InChI is InChI=1S/C20H21N3OS/c21-20(24)18-9-15-16(11-22-12-19(15)25-18)17-8-13-6-4-2-1-3-5-7-14(13)10-23-17/h8-12H,1-7H2,(H2,21,24). The molecule has 1 amide bonds. The van der Waals surface area contributed by atoms with Crippen LogP contribution in [0.3, 0.4) is 0 Å². The van der Waals surface area contributed by atoms with Gasteiger partial charge in [0.2, 0.25) is 0 Å². The van der Waals surface area contributed by atoms with Crippen molar-refractivity contribution in [2.24, 2.45) is 5.73 Å². The highest BCUT2D eigenvalue weighted by Crippen LogP contribution is 2.33. The maximum atomic E-state index is 11.5. The predicted octanol–water partition coefficient (Wildman–Crippen LogP) is 4.51. The molecule has 0 atom stereocenters. The largest absolute Gasteiger partial charge is 0.365 e. The molecular formula is C20H21N3OS. The highest BCUT2D eigenvalue weighted by Gasteiger charge is 2.14. The number of carbonyl (C=O) groups excluding carboxylic acids is 1. The Labute approximate surface area is 151 Å². The number of aryl methyl sites for hydroxylation is 2.